The summed E-state index contributed by atoms with van der Waals surface area (Å²) in [6.07, 6.45) is -2.15. The van der Waals surface area contributed by atoms with Crippen LogP contribution >= 0.6 is 0 Å². The number of hydrogen-bond donors (Lipinski definition) is 2. The van der Waals surface area contributed by atoms with E-state index in [1.165, 1.54) is 17.8 Å². The Hall–Kier alpha value is -2.77. The summed E-state index contributed by atoms with van der Waals surface area (Å²) in [6, 6.07) is 10.4. The molecule has 1 aromatic heterocycles. The van der Waals surface area contributed by atoms with Crippen LogP contribution in [0.2, 0.25) is 0 Å². The van der Waals surface area contributed by atoms with E-state index in [2.05, 4.69) is 31.6 Å². The summed E-state index contributed by atoms with van der Waals surface area (Å²) in [6.45, 7) is 1.53. The normalized spacial score (nSPS) is 14.3. The van der Waals surface area contributed by atoms with Crippen molar-refractivity contribution in [3.63, 3.8) is 0 Å². The molecule has 1 aromatic carbocycles. The molecule has 3 rings (SSSR count). The number of alkyl halides is 3. The fraction of sp³-hybridized carbons (Fsp3) is 0.333. The summed E-state index contributed by atoms with van der Waals surface area (Å²) in [7, 11) is 1.69. The summed E-state index contributed by atoms with van der Waals surface area (Å²) in [5.41, 5.74) is 1.60. The van der Waals surface area contributed by atoms with Crippen LogP contribution in [0.4, 0.5) is 24.7 Å². The van der Waals surface area contributed by atoms with Gasteiger partial charge in [0.2, 0.25) is 0 Å². The van der Waals surface area contributed by atoms with Gasteiger partial charge in [-0.05, 0) is 30.2 Å². The number of pyridine rings is 1. The van der Waals surface area contributed by atoms with Gasteiger partial charge in [-0.25, -0.2) is 4.98 Å². The average molecular weight is 363 g/mol. The first-order valence-corrected chi connectivity index (χ1v) is 8.33. The molecule has 0 unspecified atom stereocenters. The summed E-state index contributed by atoms with van der Waals surface area (Å²) >= 11 is 0. The fourth-order valence-electron chi connectivity index (χ4n) is 2.98. The van der Waals surface area contributed by atoms with Crippen LogP contribution in [-0.2, 0) is 12.6 Å². The number of hydrogen-bond acceptors (Lipinski definition) is 3. The van der Waals surface area contributed by atoms with Gasteiger partial charge < -0.3 is 15.5 Å². The molecule has 0 bridgehead atoms. The number of benzene rings is 1. The summed E-state index contributed by atoms with van der Waals surface area (Å²) in [5.74, 6) is 0.539. The van der Waals surface area contributed by atoms with Crippen molar-refractivity contribution < 1.29 is 13.2 Å². The Labute approximate surface area is 150 Å². The smallest absolute Gasteiger partial charge is 0.368 e. The number of aliphatic imine (C=N–C) groups is 1. The largest absolute Gasteiger partial charge is 0.419 e. The molecule has 0 saturated carbocycles. The van der Waals surface area contributed by atoms with Gasteiger partial charge in [0.25, 0.3) is 0 Å². The molecule has 0 spiro atoms. The maximum atomic E-state index is 13.0. The number of rotatable bonds is 4. The van der Waals surface area contributed by atoms with Crippen LogP contribution in [0.25, 0.3) is 0 Å². The lowest BCUT2D eigenvalue weighted by atomic mass is 10.2. The molecule has 0 fully saturated rings. The van der Waals surface area contributed by atoms with Gasteiger partial charge in [-0.15, -0.1) is 0 Å². The van der Waals surface area contributed by atoms with E-state index in [1.54, 1.807) is 7.05 Å². The second kappa shape index (κ2) is 7.63. The molecule has 0 amide bonds. The van der Waals surface area contributed by atoms with Gasteiger partial charge in [-0.3, -0.25) is 4.99 Å². The van der Waals surface area contributed by atoms with E-state index in [1.807, 2.05) is 18.2 Å². The predicted octanol–water partition coefficient (Wildman–Crippen LogP) is 3.15. The first-order valence-electron chi connectivity index (χ1n) is 8.33. The zero-order valence-electron chi connectivity index (χ0n) is 14.3. The van der Waals surface area contributed by atoms with Gasteiger partial charge in [0.05, 0.1) is 5.56 Å². The molecule has 2 aromatic rings. The number of nitrogens with one attached hydrogen (secondary N) is 2. The van der Waals surface area contributed by atoms with Crippen molar-refractivity contribution in [1.82, 2.24) is 10.3 Å². The van der Waals surface area contributed by atoms with E-state index in [4.69, 9.17) is 0 Å². The summed E-state index contributed by atoms with van der Waals surface area (Å²) < 4.78 is 38.9. The van der Waals surface area contributed by atoms with Crippen LogP contribution in [0.1, 0.15) is 11.1 Å². The van der Waals surface area contributed by atoms with Crippen LogP contribution in [0.15, 0.2) is 47.6 Å². The monoisotopic (exact) mass is 363 g/mol. The maximum Gasteiger partial charge on any atom is 0.419 e. The zero-order valence-corrected chi connectivity index (χ0v) is 14.3. The second-order valence-electron chi connectivity index (χ2n) is 5.83. The van der Waals surface area contributed by atoms with Gasteiger partial charge in [-0.1, -0.05) is 18.2 Å². The van der Waals surface area contributed by atoms with Crippen molar-refractivity contribution in [2.45, 2.75) is 12.6 Å². The number of halogens is 3. The van der Waals surface area contributed by atoms with Crippen molar-refractivity contribution in [3.8, 4) is 0 Å². The summed E-state index contributed by atoms with van der Waals surface area (Å²) in [4.78, 5) is 10.1. The van der Waals surface area contributed by atoms with E-state index in [9.17, 15) is 13.2 Å². The van der Waals surface area contributed by atoms with Gasteiger partial charge in [0, 0.05) is 38.6 Å². The Morgan fingerprint density at radius 1 is 1.19 bits per heavy atom. The highest BCUT2D eigenvalue weighted by molar-refractivity contribution is 5.97. The Morgan fingerprint density at radius 2 is 2.00 bits per heavy atom. The first-order chi connectivity index (χ1) is 12.5. The van der Waals surface area contributed by atoms with Gasteiger partial charge in [-0.2, -0.15) is 13.2 Å². The fourth-order valence-corrected chi connectivity index (χ4v) is 2.98. The van der Waals surface area contributed by atoms with Gasteiger partial charge in [0.1, 0.15) is 5.82 Å². The van der Waals surface area contributed by atoms with E-state index in [-0.39, 0.29) is 12.4 Å². The third kappa shape index (κ3) is 3.89. The molecule has 0 radical (unpaired) electrons. The minimum Gasteiger partial charge on any atom is -0.368 e. The molecule has 5 nitrogen and oxygen atoms in total. The number of fused-ring (bicyclic) bond motifs is 1. The average Bonchev–Trinajstić information content (AvgIpc) is 3.05. The molecule has 0 aliphatic carbocycles. The molecular formula is C18H20F3N5. The predicted molar refractivity (Wildman–Crippen MR) is 96.6 cm³/mol. The highest BCUT2D eigenvalue weighted by Gasteiger charge is 2.34. The Morgan fingerprint density at radius 3 is 2.77 bits per heavy atom. The van der Waals surface area contributed by atoms with Gasteiger partial charge in [0.15, 0.2) is 5.96 Å². The molecule has 8 heteroatoms. The molecular weight excluding hydrogens is 343 g/mol. The van der Waals surface area contributed by atoms with Crippen LogP contribution in [-0.4, -0.2) is 37.6 Å². The van der Waals surface area contributed by atoms with Crippen molar-refractivity contribution in [2.24, 2.45) is 4.99 Å². The lowest BCUT2D eigenvalue weighted by Gasteiger charge is -2.22. The van der Waals surface area contributed by atoms with E-state index in [0.717, 1.165) is 24.7 Å². The molecule has 0 saturated heterocycles. The molecule has 1 aliphatic heterocycles. The third-order valence-corrected chi connectivity index (χ3v) is 4.17. The summed E-state index contributed by atoms with van der Waals surface area (Å²) in [5, 5.41) is 5.93. The lowest BCUT2D eigenvalue weighted by Crippen LogP contribution is -2.42. The van der Waals surface area contributed by atoms with E-state index in [0.29, 0.717) is 12.5 Å². The quantitative estimate of drug-likeness (QED) is 0.498. The topological polar surface area (TPSA) is 52.6 Å². The Balaban J connectivity index is 1.57. The number of nitrogens with zero attached hydrogens (tertiary/aromatic N) is 3. The van der Waals surface area contributed by atoms with Crippen LogP contribution in [0, 0.1) is 0 Å². The molecule has 26 heavy (non-hydrogen) atoms. The van der Waals surface area contributed by atoms with Gasteiger partial charge >= 0.3 is 6.18 Å². The minimum atomic E-state index is -4.43. The second-order valence-corrected chi connectivity index (χ2v) is 5.83. The van der Waals surface area contributed by atoms with Crippen LogP contribution in [0.3, 0.4) is 0 Å². The number of aromatic nitrogens is 1. The van der Waals surface area contributed by atoms with Crippen molar-refractivity contribution >= 4 is 17.5 Å². The number of guanidine groups is 1. The zero-order chi connectivity index (χ0) is 18.6. The first kappa shape index (κ1) is 18.0. The van der Waals surface area contributed by atoms with E-state index >= 15 is 0 Å². The van der Waals surface area contributed by atoms with Crippen molar-refractivity contribution in [1.29, 1.82) is 0 Å². The van der Waals surface area contributed by atoms with Crippen LogP contribution in [0.5, 0.6) is 0 Å². The van der Waals surface area contributed by atoms with E-state index < -0.39 is 11.7 Å². The minimum absolute atomic E-state index is 0.164. The standard InChI is InChI=1S/C18H20F3N5/c1-22-17(26-12-8-13-5-2-3-7-15(13)26)25-11-10-24-16-14(18(19,20)21)6-4-9-23-16/h2-7,9H,8,10-12H2,1H3,(H,22,25)(H,23,24). The lowest BCUT2D eigenvalue weighted by molar-refractivity contribution is -0.137. The number of anilines is 2. The highest BCUT2D eigenvalue weighted by Crippen LogP contribution is 2.33. The maximum absolute atomic E-state index is 13.0. The van der Waals surface area contributed by atoms with Crippen LogP contribution < -0.4 is 15.5 Å². The molecule has 138 valence electrons. The highest BCUT2D eigenvalue weighted by atomic mass is 19.4. The van der Waals surface area contributed by atoms with Crippen molar-refractivity contribution in [3.05, 3.63) is 53.7 Å². The number of para-hydroxylation sites is 1. The molecule has 2 heterocycles. The third-order valence-electron chi connectivity index (χ3n) is 4.17. The Bertz CT molecular complexity index is 788. The molecule has 1 aliphatic rings. The Kier molecular flexibility index (Phi) is 5.29. The molecule has 2 N–H and O–H groups in total. The molecule has 0 atom stereocenters. The SMILES string of the molecule is CN=C(NCCNc1ncccc1C(F)(F)F)N1CCc2ccccc21. The van der Waals surface area contributed by atoms with Crippen molar-refractivity contribution in [2.75, 3.05) is 36.9 Å².